The SMILES string of the molecule is CCNn1ccnc1-c1ccccc1C(F)(F)F. The van der Waals surface area contributed by atoms with E-state index in [1.54, 1.807) is 12.3 Å². The molecule has 1 aromatic carbocycles. The Labute approximate surface area is 102 Å². The van der Waals surface area contributed by atoms with Crippen LogP contribution in [0, 0.1) is 0 Å². The third-order valence-electron chi connectivity index (χ3n) is 2.44. The van der Waals surface area contributed by atoms with Crippen LogP contribution in [-0.2, 0) is 6.18 Å². The zero-order valence-corrected chi connectivity index (χ0v) is 9.70. The number of nitrogens with zero attached hydrogens (tertiary/aromatic N) is 2. The number of halogens is 3. The van der Waals surface area contributed by atoms with Gasteiger partial charge in [0, 0.05) is 24.5 Å². The van der Waals surface area contributed by atoms with E-state index in [2.05, 4.69) is 10.4 Å². The first-order valence-electron chi connectivity index (χ1n) is 5.48. The normalized spacial score (nSPS) is 11.6. The van der Waals surface area contributed by atoms with Crippen LogP contribution in [0.5, 0.6) is 0 Å². The summed E-state index contributed by atoms with van der Waals surface area (Å²) in [5.41, 5.74) is 2.30. The van der Waals surface area contributed by atoms with E-state index in [0.29, 0.717) is 6.54 Å². The Morgan fingerprint density at radius 1 is 1.28 bits per heavy atom. The van der Waals surface area contributed by atoms with Gasteiger partial charge in [-0.3, -0.25) is 0 Å². The highest BCUT2D eigenvalue weighted by Crippen LogP contribution is 2.35. The van der Waals surface area contributed by atoms with E-state index in [4.69, 9.17) is 0 Å². The van der Waals surface area contributed by atoms with E-state index in [-0.39, 0.29) is 11.4 Å². The predicted octanol–water partition coefficient (Wildman–Crippen LogP) is 3.13. The number of hydrogen-bond acceptors (Lipinski definition) is 2. The summed E-state index contributed by atoms with van der Waals surface area (Å²) in [5.74, 6) is 0.254. The third kappa shape index (κ3) is 2.32. The van der Waals surface area contributed by atoms with Crippen LogP contribution < -0.4 is 5.43 Å². The Bertz CT molecular complexity index is 531. The van der Waals surface area contributed by atoms with Gasteiger partial charge in [0.25, 0.3) is 0 Å². The van der Waals surface area contributed by atoms with Gasteiger partial charge in [-0.1, -0.05) is 18.2 Å². The molecule has 2 rings (SSSR count). The number of benzene rings is 1. The van der Waals surface area contributed by atoms with Crippen molar-refractivity contribution < 1.29 is 13.2 Å². The van der Waals surface area contributed by atoms with Gasteiger partial charge < -0.3 is 5.43 Å². The topological polar surface area (TPSA) is 29.9 Å². The Kier molecular flexibility index (Phi) is 3.27. The Morgan fingerprint density at radius 3 is 2.67 bits per heavy atom. The maximum atomic E-state index is 12.9. The number of aromatic nitrogens is 2. The van der Waals surface area contributed by atoms with E-state index in [9.17, 15) is 13.2 Å². The number of alkyl halides is 3. The average Bonchev–Trinajstić information content (AvgIpc) is 2.77. The van der Waals surface area contributed by atoms with Crippen molar-refractivity contribution in [3.05, 3.63) is 42.2 Å². The minimum Gasteiger partial charge on any atom is -0.325 e. The molecule has 0 amide bonds. The van der Waals surface area contributed by atoms with Crippen LogP contribution in [0.25, 0.3) is 11.4 Å². The van der Waals surface area contributed by atoms with E-state index >= 15 is 0 Å². The zero-order chi connectivity index (χ0) is 13.2. The largest absolute Gasteiger partial charge is 0.417 e. The van der Waals surface area contributed by atoms with Crippen LogP contribution in [0.15, 0.2) is 36.7 Å². The van der Waals surface area contributed by atoms with Gasteiger partial charge in [-0.05, 0) is 13.0 Å². The lowest BCUT2D eigenvalue weighted by atomic mass is 10.1. The maximum absolute atomic E-state index is 12.9. The summed E-state index contributed by atoms with van der Waals surface area (Å²) in [4.78, 5) is 3.98. The molecule has 0 spiro atoms. The molecule has 0 saturated carbocycles. The standard InChI is InChI=1S/C12H12F3N3/c1-2-17-18-8-7-16-11(18)9-5-3-4-6-10(9)12(13,14)15/h3-8,17H,2H2,1H3. The summed E-state index contributed by atoms with van der Waals surface area (Å²) < 4.78 is 40.2. The van der Waals surface area contributed by atoms with Crippen molar-refractivity contribution in [2.75, 3.05) is 12.0 Å². The summed E-state index contributed by atoms with van der Waals surface area (Å²) in [5, 5.41) is 0. The van der Waals surface area contributed by atoms with E-state index in [1.165, 1.54) is 23.0 Å². The van der Waals surface area contributed by atoms with E-state index in [0.717, 1.165) is 6.07 Å². The fourth-order valence-electron chi connectivity index (χ4n) is 1.73. The number of imidazole rings is 1. The fourth-order valence-corrected chi connectivity index (χ4v) is 1.73. The quantitative estimate of drug-likeness (QED) is 0.913. The molecule has 0 radical (unpaired) electrons. The molecule has 1 heterocycles. The van der Waals surface area contributed by atoms with Crippen LogP contribution in [0.4, 0.5) is 13.2 Å². The molecule has 2 aromatic rings. The highest BCUT2D eigenvalue weighted by molar-refractivity contribution is 5.61. The highest BCUT2D eigenvalue weighted by Gasteiger charge is 2.34. The smallest absolute Gasteiger partial charge is 0.325 e. The van der Waals surface area contributed by atoms with Gasteiger partial charge >= 0.3 is 6.18 Å². The van der Waals surface area contributed by atoms with E-state index in [1.807, 2.05) is 6.92 Å². The van der Waals surface area contributed by atoms with Crippen molar-refractivity contribution in [1.29, 1.82) is 0 Å². The molecule has 96 valence electrons. The van der Waals surface area contributed by atoms with Gasteiger partial charge in [-0.15, -0.1) is 0 Å². The summed E-state index contributed by atoms with van der Waals surface area (Å²) in [6.07, 6.45) is -1.34. The monoisotopic (exact) mass is 255 g/mol. The molecule has 0 fully saturated rings. The van der Waals surface area contributed by atoms with Crippen molar-refractivity contribution in [1.82, 2.24) is 9.66 Å². The lowest BCUT2D eigenvalue weighted by Gasteiger charge is -2.14. The van der Waals surface area contributed by atoms with Crippen molar-refractivity contribution in [3.8, 4) is 11.4 Å². The highest BCUT2D eigenvalue weighted by atomic mass is 19.4. The number of hydrogen-bond donors (Lipinski definition) is 1. The molecule has 6 heteroatoms. The maximum Gasteiger partial charge on any atom is 0.417 e. The summed E-state index contributed by atoms with van der Waals surface area (Å²) in [6.45, 7) is 2.46. The van der Waals surface area contributed by atoms with Crippen LogP contribution in [0.2, 0.25) is 0 Å². The number of nitrogens with one attached hydrogen (secondary N) is 1. The predicted molar refractivity (Wildman–Crippen MR) is 62.6 cm³/mol. The van der Waals surface area contributed by atoms with Gasteiger partial charge in [0.1, 0.15) is 0 Å². The lowest BCUT2D eigenvalue weighted by molar-refractivity contribution is -0.137. The van der Waals surface area contributed by atoms with Gasteiger partial charge in [-0.25, -0.2) is 9.66 Å². The Hall–Kier alpha value is -1.98. The first-order valence-corrected chi connectivity index (χ1v) is 5.48. The molecule has 0 aliphatic carbocycles. The van der Waals surface area contributed by atoms with Crippen LogP contribution in [0.3, 0.4) is 0 Å². The summed E-state index contributed by atoms with van der Waals surface area (Å²) in [7, 11) is 0. The third-order valence-corrected chi connectivity index (χ3v) is 2.44. The second-order valence-electron chi connectivity index (χ2n) is 3.68. The molecule has 0 atom stereocenters. The first kappa shape index (κ1) is 12.5. The molecule has 3 nitrogen and oxygen atoms in total. The van der Waals surface area contributed by atoms with Crippen LogP contribution >= 0.6 is 0 Å². The molecule has 0 saturated heterocycles. The van der Waals surface area contributed by atoms with Gasteiger partial charge in [0.2, 0.25) is 0 Å². The van der Waals surface area contributed by atoms with Gasteiger partial charge in [0.15, 0.2) is 5.82 Å². The van der Waals surface area contributed by atoms with Crippen molar-refractivity contribution >= 4 is 0 Å². The van der Waals surface area contributed by atoms with E-state index < -0.39 is 11.7 Å². The molecular weight excluding hydrogens is 243 g/mol. The van der Waals surface area contributed by atoms with Crippen LogP contribution in [0.1, 0.15) is 12.5 Å². The first-order chi connectivity index (χ1) is 8.54. The molecule has 18 heavy (non-hydrogen) atoms. The molecule has 1 aromatic heterocycles. The second kappa shape index (κ2) is 4.72. The molecule has 0 bridgehead atoms. The fraction of sp³-hybridized carbons (Fsp3) is 0.250. The summed E-state index contributed by atoms with van der Waals surface area (Å²) in [6, 6.07) is 5.40. The van der Waals surface area contributed by atoms with Crippen molar-refractivity contribution in [2.45, 2.75) is 13.1 Å². The van der Waals surface area contributed by atoms with Gasteiger partial charge in [0.05, 0.1) is 5.56 Å². The molecule has 0 aliphatic rings. The van der Waals surface area contributed by atoms with Crippen molar-refractivity contribution in [3.63, 3.8) is 0 Å². The second-order valence-corrected chi connectivity index (χ2v) is 3.68. The van der Waals surface area contributed by atoms with Gasteiger partial charge in [-0.2, -0.15) is 13.2 Å². The number of rotatable bonds is 3. The Balaban J connectivity index is 2.54. The Morgan fingerprint density at radius 2 is 2.00 bits per heavy atom. The lowest BCUT2D eigenvalue weighted by Crippen LogP contribution is -2.16. The molecule has 0 unspecified atom stereocenters. The van der Waals surface area contributed by atoms with Crippen molar-refractivity contribution in [2.24, 2.45) is 0 Å². The van der Waals surface area contributed by atoms with Crippen LogP contribution in [-0.4, -0.2) is 16.2 Å². The zero-order valence-electron chi connectivity index (χ0n) is 9.70. The molecule has 1 N–H and O–H groups in total. The minimum atomic E-state index is -4.39. The molecule has 0 aliphatic heterocycles. The summed E-state index contributed by atoms with van der Waals surface area (Å²) >= 11 is 0. The molecular formula is C12H12F3N3. The average molecular weight is 255 g/mol. The minimum absolute atomic E-state index is 0.0657.